The number of nitrogens with one attached hydrogen (secondary N) is 2. The van der Waals surface area contributed by atoms with Crippen molar-refractivity contribution in [1.29, 1.82) is 0 Å². The number of urea groups is 1. The van der Waals surface area contributed by atoms with Gasteiger partial charge in [-0.05, 0) is 36.2 Å². The molecule has 0 fully saturated rings. The minimum absolute atomic E-state index is 0.0437. The first kappa shape index (κ1) is 19.5. The van der Waals surface area contributed by atoms with E-state index in [0.29, 0.717) is 5.82 Å². The second-order valence-corrected chi connectivity index (χ2v) is 6.51. The molecule has 2 N–H and O–H groups in total. The number of aromatic nitrogens is 2. The quantitative estimate of drug-likeness (QED) is 0.606. The lowest BCUT2D eigenvalue weighted by molar-refractivity contribution is -0.137. The van der Waals surface area contributed by atoms with Gasteiger partial charge < -0.3 is 5.32 Å². The lowest BCUT2D eigenvalue weighted by Gasteiger charge is -2.12. The Hall–Kier alpha value is -3.29. The molecule has 0 saturated heterocycles. The summed E-state index contributed by atoms with van der Waals surface area (Å²) in [6.07, 6.45) is -4.48. The number of amides is 2. The molecule has 5 nitrogen and oxygen atoms in total. The summed E-state index contributed by atoms with van der Waals surface area (Å²) in [5.74, 6) is 0.552. The maximum absolute atomic E-state index is 12.8. The van der Waals surface area contributed by atoms with Crippen LogP contribution in [0.15, 0.2) is 60.7 Å². The Labute approximate surface area is 160 Å². The van der Waals surface area contributed by atoms with Gasteiger partial charge in [-0.15, -0.1) is 0 Å². The van der Waals surface area contributed by atoms with Crippen LogP contribution in [0.4, 0.5) is 29.5 Å². The Kier molecular flexibility index (Phi) is 5.39. The number of hydrogen-bond donors (Lipinski definition) is 2. The van der Waals surface area contributed by atoms with Crippen molar-refractivity contribution < 1.29 is 18.0 Å². The van der Waals surface area contributed by atoms with Gasteiger partial charge >= 0.3 is 12.2 Å². The van der Waals surface area contributed by atoms with Crippen LogP contribution in [0.1, 0.15) is 31.0 Å². The van der Waals surface area contributed by atoms with Gasteiger partial charge in [-0.2, -0.15) is 18.3 Å². The van der Waals surface area contributed by atoms with Gasteiger partial charge in [-0.3, -0.25) is 5.32 Å². The number of hydrogen-bond acceptors (Lipinski definition) is 2. The summed E-state index contributed by atoms with van der Waals surface area (Å²) in [6.45, 7) is 3.95. The average molecular weight is 388 g/mol. The molecule has 0 unspecified atom stereocenters. The Balaban J connectivity index is 1.83. The fourth-order valence-electron chi connectivity index (χ4n) is 2.59. The van der Waals surface area contributed by atoms with Crippen LogP contribution >= 0.6 is 0 Å². The van der Waals surface area contributed by atoms with Crippen LogP contribution in [0.5, 0.6) is 0 Å². The maximum atomic E-state index is 12.8. The van der Waals surface area contributed by atoms with Crippen LogP contribution in [0.2, 0.25) is 0 Å². The largest absolute Gasteiger partial charge is 0.416 e. The third-order valence-electron chi connectivity index (χ3n) is 4.01. The molecule has 0 spiro atoms. The minimum Gasteiger partial charge on any atom is -0.308 e. The molecule has 0 atom stereocenters. The summed E-state index contributed by atoms with van der Waals surface area (Å²) in [5, 5.41) is 9.60. The SMILES string of the molecule is CC(C)c1cc(NC(=O)Nc2cccc(C(F)(F)F)c2)n(-c2ccccc2)n1. The molecule has 2 amide bonds. The second kappa shape index (κ2) is 7.75. The molecule has 2 aromatic carbocycles. The molecular weight excluding hydrogens is 369 g/mol. The van der Waals surface area contributed by atoms with E-state index < -0.39 is 17.8 Å². The van der Waals surface area contributed by atoms with Crippen LogP contribution in [0.3, 0.4) is 0 Å². The molecule has 28 heavy (non-hydrogen) atoms. The highest BCUT2D eigenvalue weighted by Gasteiger charge is 2.30. The molecule has 0 aliphatic rings. The number of nitrogens with zero attached hydrogens (tertiary/aromatic N) is 2. The van der Waals surface area contributed by atoms with E-state index in [-0.39, 0.29) is 11.6 Å². The molecular formula is C20H19F3N4O. The van der Waals surface area contributed by atoms with Crippen molar-refractivity contribution in [3.05, 3.63) is 71.9 Å². The molecule has 0 bridgehead atoms. The van der Waals surface area contributed by atoms with E-state index in [0.717, 1.165) is 23.5 Å². The van der Waals surface area contributed by atoms with Gasteiger partial charge in [-0.1, -0.05) is 38.1 Å². The molecule has 0 radical (unpaired) electrons. The van der Waals surface area contributed by atoms with Crippen LogP contribution < -0.4 is 10.6 Å². The lowest BCUT2D eigenvalue weighted by atomic mass is 10.1. The first-order valence-corrected chi connectivity index (χ1v) is 8.64. The lowest BCUT2D eigenvalue weighted by Crippen LogP contribution is -2.21. The molecule has 0 saturated carbocycles. The third-order valence-corrected chi connectivity index (χ3v) is 4.01. The van der Waals surface area contributed by atoms with Crippen molar-refractivity contribution in [2.75, 3.05) is 10.6 Å². The predicted molar refractivity (Wildman–Crippen MR) is 102 cm³/mol. The van der Waals surface area contributed by atoms with Gasteiger partial charge in [0, 0.05) is 11.8 Å². The van der Waals surface area contributed by atoms with Gasteiger partial charge in [0.15, 0.2) is 0 Å². The number of alkyl halides is 3. The van der Waals surface area contributed by atoms with Crippen molar-refractivity contribution >= 4 is 17.5 Å². The zero-order valence-corrected chi connectivity index (χ0v) is 15.3. The fraction of sp³-hybridized carbons (Fsp3) is 0.200. The smallest absolute Gasteiger partial charge is 0.308 e. The molecule has 1 heterocycles. The van der Waals surface area contributed by atoms with E-state index in [4.69, 9.17) is 0 Å². The van der Waals surface area contributed by atoms with Crippen molar-refractivity contribution in [1.82, 2.24) is 9.78 Å². The van der Waals surface area contributed by atoms with Crippen LogP contribution in [-0.2, 0) is 6.18 Å². The zero-order chi connectivity index (χ0) is 20.3. The van der Waals surface area contributed by atoms with Gasteiger partial charge in [0.05, 0.1) is 16.9 Å². The van der Waals surface area contributed by atoms with Crippen LogP contribution in [0, 0.1) is 0 Å². The Bertz CT molecular complexity index is 965. The van der Waals surface area contributed by atoms with Gasteiger partial charge in [0.25, 0.3) is 0 Å². The minimum atomic E-state index is -4.48. The summed E-state index contributed by atoms with van der Waals surface area (Å²) in [5.41, 5.74) is 0.742. The highest BCUT2D eigenvalue weighted by molar-refractivity contribution is 5.99. The molecule has 146 valence electrons. The maximum Gasteiger partial charge on any atom is 0.416 e. The van der Waals surface area contributed by atoms with E-state index >= 15 is 0 Å². The standard InChI is InChI=1S/C20H19F3N4O/c1-13(2)17-12-18(27(26-17)16-9-4-3-5-10-16)25-19(28)24-15-8-6-7-14(11-15)20(21,22)23/h3-13H,1-2H3,(H2,24,25,28). The summed E-state index contributed by atoms with van der Waals surface area (Å²) in [7, 11) is 0. The number of halogens is 3. The van der Waals surface area contributed by atoms with Gasteiger partial charge in [-0.25, -0.2) is 9.48 Å². The number of benzene rings is 2. The Morgan fingerprint density at radius 2 is 1.71 bits per heavy atom. The number of rotatable bonds is 4. The number of para-hydroxylation sites is 1. The average Bonchev–Trinajstić information content (AvgIpc) is 3.06. The second-order valence-electron chi connectivity index (χ2n) is 6.51. The normalized spacial score (nSPS) is 11.5. The zero-order valence-electron chi connectivity index (χ0n) is 15.3. The van der Waals surface area contributed by atoms with Crippen LogP contribution in [-0.4, -0.2) is 15.8 Å². The summed E-state index contributed by atoms with van der Waals surface area (Å²) in [6, 6.07) is 14.8. The molecule has 8 heteroatoms. The van der Waals surface area contributed by atoms with Crippen molar-refractivity contribution in [2.45, 2.75) is 25.9 Å². The highest BCUT2D eigenvalue weighted by atomic mass is 19.4. The number of carbonyl (C=O) groups excluding carboxylic acids is 1. The summed E-state index contributed by atoms with van der Waals surface area (Å²) >= 11 is 0. The highest BCUT2D eigenvalue weighted by Crippen LogP contribution is 2.30. The van der Waals surface area contributed by atoms with E-state index in [1.807, 2.05) is 44.2 Å². The van der Waals surface area contributed by atoms with E-state index in [2.05, 4.69) is 15.7 Å². The van der Waals surface area contributed by atoms with E-state index in [9.17, 15) is 18.0 Å². The first-order chi connectivity index (χ1) is 13.2. The first-order valence-electron chi connectivity index (χ1n) is 8.64. The molecule has 0 aliphatic heterocycles. The van der Waals surface area contributed by atoms with Crippen LogP contribution in [0.25, 0.3) is 5.69 Å². The topological polar surface area (TPSA) is 59.0 Å². The Morgan fingerprint density at radius 1 is 1.00 bits per heavy atom. The summed E-state index contributed by atoms with van der Waals surface area (Å²) < 4.78 is 40.1. The molecule has 3 rings (SSSR count). The van der Waals surface area contributed by atoms with E-state index in [1.54, 1.807) is 10.7 Å². The van der Waals surface area contributed by atoms with Gasteiger partial charge in [0.2, 0.25) is 0 Å². The fourth-order valence-corrected chi connectivity index (χ4v) is 2.59. The third kappa shape index (κ3) is 4.51. The van der Waals surface area contributed by atoms with Crippen molar-refractivity contribution in [3.63, 3.8) is 0 Å². The monoisotopic (exact) mass is 388 g/mol. The number of carbonyl (C=O) groups is 1. The molecule has 1 aromatic heterocycles. The number of anilines is 2. The van der Waals surface area contributed by atoms with E-state index in [1.165, 1.54) is 12.1 Å². The van der Waals surface area contributed by atoms with Crippen molar-refractivity contribution in [2.24, 2.45) is 0 Å². The van der Waals surface area contributed by atoms with Gasteiger partial charge in [0.1, 0.15) is 5.82 Å². The van der Waals surface area contributed by atoms with Crippen molar-refractivity contribution in [3.8, 4) is 5.69 Å². The Morgan fingerprint density at radius 3 is 2.36 bits per heavy atom. The molecule has 3 aromatic rings. The summed E-state index contributed by atoms with van der Waals surface area (Å²) in [4.78, 5) is 12.4. The molecule has 0 aliphatic carbocycles. The predicted octanol–water partition coefficient (Wildman–Crippen LogP) is 5.66.